The predicted octanol–water partition coefficient (Wildman–Crippen LogP) is 1.04. The summed E-state index contributed by atoms with van der Waals surface area (Å²) in [6, 6.07) is 6.30. The van der Waals surface area contributed by atoms with E-state index >= 15 is 0 Å². The summed E-state index contributed by atoms with van der Waals surface area (Å²) in [4.78, 5) is 10.8. The number of hydrogen-bond donors (Lipinski definition) is 2. The van der Waals surface area contributed by atoms with Crippen molar-refractivity contribution in [2.75, 3.05) is 14.2 Å². The number of aliphatic carboxylic acids is 1. The fraction of sp³-hybridized carbons (Fsp3) is 0.300. The van der Waals surface area contributed by atoms with E-state index in [9.17, 15) is 4.79 Å². The summed E-state index contributed by atoms with van der Waals surface area (Å²) in [6.45, 7) is 0. The zero-order valence-electron chi connectivity index (χ0n) is 8.15. The van der Waals surface area contributed by atoms with Gasteiger partial charge in [0.1, 0.15) is 11.8 Å². The molecule has 0 aromatic heterocycles. The Hall–Kier alpha value is -1.55. The van der Waals surface area contributed by atoms with E-state index in [-0.39, 0.29) is 0 Å². The summed E-state index contributed by atoms with van der Waals surface area (Å²) in [6.07, 6.45) is 0. The molecule has 0 aliphatic carbocycles. The van der Waals surface area contributed by atoms with Crippen LogP contribution < -0.4 is 10.1 Å². The fourth-order valence-electron chi connectivity index (χ4n) is 1.25. The Kier molecular flexibility index (Phi) is 3.48. The Balaban J connectivity index is 2.98. The lowest BCUT2D eigenvalue weighted by Gasteiger charge is -2.12. The average Bonchev–Trinajstić information content (AvgIpc) is 2.19. The maximum Gasteiger partial charge on any atom is 0.325 e. The van der Waals surface area contributed by atoms with Crippen molar-refractivity contribution in [1.82, 2.24) is 5.32 Å². The first-order valence-electron chi connectivity index (χ1n) is 4.23. The maximum atomic E-state index is 10.8. The zero-order chi connectivity index (χ0) is 10.6. The number of likely N-dealkylation sites (N-methyl/N-ethyl adjacent to an activating group) is 1. The second-order valence-electron chi connectivity index (χ2n) is 2.84. The summed E-state index contributed by atoms with van der Waals surface area (Å²) in [5.74, 6) is -0.246. The van der Waals surface area contributed by atoms with Gasteiger partial charge in [-0.05, 0) is 24.7 Å². The number of ether oxygens (including phenoxy) is 1. The molecule has 4 nitrogen and oxygen atoms in total. The van der Waals surface area contributed by atoms with Gasteiger partial charge in [-0.2, -0.15) is 0 Å². The van der Waals surface area contributed by atoms with E-state index in [2.05, 4.69) is 5.32 Å². The molecule has 4 heteroatoms. The van der Waals surface area contributed by atoms with Gasteiger partial charge >= 0.3 is 5.97 Å². The summed E-state index contributed by atoms with van der Waals surface area (Å²) in [7, 11) is 3.16. The first-order chi connectivity index (χ1) is 6.69. The van der Waals surface area contributed by atoms with Crippen molar-refractivity contribution in [1.29, 1.82) is 0 Å². The summed E-state index contributed by atoms with van der Waals surface area (Å²) in [5.41, 5.74) is 0.680. The molecule has 0 saturated carbocycles. The number of methoxy groups -OCH3 is 1. The molecule has 0 aliphatic rings. The van der Waals surface area contributed by atoms with Crippen LogP contribution in [0, 0.1) is 0 Å². The third-order valence-electron chi connectivity index (χ3n) is 1.96. The molecule has 1 unspecified atom stereocenters. The average molecular weight is 195 g/mol. The molecule has 0 bridgehead atoms. The lowest BCUT2D eigenvalue weighted by atomic mass is 10.1. The van der Waals surface area contributed by atoms with Gasteiger partial charge in [-0.25, -0.2) is 0 Å². The Bertz CT molecular complexity index is 325. The monoisotopic (exact) mass is 195 g/mol. The highest BCUT2D eigenvalue weighted by molar-refractivity contribution is 5.75. The van der Waals surface area contributed by atoms with Crippen LogP contribution in [0.5, 0.6) is 5.75 Å². The Morgan fingerprint density at radius 3 is 2.79 bits per heavy atom. The SMILES string of the molecule is CNC(C(=O)O)c1cccc(OC)c1. The van der Waals surface area contributed by atoms with Gasteiger partial charge in [0.25, 0.3) is 0 Å². The fourth-order valence-corrected chi connectivity index (χ4v) is 1.25. The Morgan fingerprint density at radius 1 is 1.57 bits per heavy atom. The molecule has 0 fully saturated rings. The highest BCUT2D eigenvalue weighted by Gasteiger charge is 2.17. The van der Waals surface area contributed by atoms with Crippen LogP contribution in [-0.2, 0) is 4.79 Å². The van der Waals surface area contributed by atoms with E-state index in [0.29, 0.717) is 11.3 Å². The Labute approximate surface area is 82.5 Å². The molecule has 0 aliphatic heterocycles. The molecule has 1 rings (SSSR count). The van der Waals surface area contributed by atoms with Crippen LogP contribution in [0.4, 0.5) is 0 Å². The van der Waals surface area contributed by atoms with Crippen LogP contribution in [-0.4, -0.2) is 25.2 Å². The molecule has 2 N–H and O–H groups in total. The van der Waals surface area contributed by atoms with E-state index in [1.165, 1.54) is 0 Å². The van der Waals surface area contributed by atoms with Gasteiger partial charge in [-0.15, -0.1) is 0 Å². The molecule has 14 heavy (non-hydrogen) atoms. The number of hydrogen-bond acceptors (Lipinski definition) is 3. The molecular formula is C10H13NO3. The van der Waals surface area contributed by atoms with E-state index in [0.717, 1.165) is 0 Å². The number of nitrogens with one attached hydrogen (secondary N) is 1. The molecule has 76 valence electrons. The van der Waals surface area contributed by atoms with Crippen molar-refractivity contribution in [3.05, 3.63) is 29.8 Å². The molecule has 1 aromatic rings. The quantitative estimate of drug-likeness (QED) is 0.753. The molecule has 0 radical (unpaired) electrons. The lowest BCUT2D eigenvalue weighted by Crippen LogP contribution is -2.24. The third-order valence-corrected chi connectivity index (χ3v) is 1.96. The van der Waals surface area contributed by atoms with Crippen molar-refractivity contribution in [3.8, 4) is 5.75 Å². The van der Waals surface area contributed by atoms with Crippen LogP contribution in [0.2, 0.25) is 0 Å². The van der Waals surface area contributed by atoms with Gasteiger partial charge in [0.2, 0.25) is 0 Å². The van der Waals surface area contributed by atoms with Crippen LogP contribution in [0.3, 0.4) is 0 Å². The van der Waals surface area contributed by atoms with Gasteiger partial charge < -0.3 is 15.2 Å². The molecule has 0 amide bonds. The molecule has 0 saturated heterocycles. The second kappa shape index (κ2) is 4.62. The van der Waals surface area contributed by atoms with Crippen LogP contribution in [0.1, 0.15) is 11.6 Å². The van der Waals surface area contributed by atoms with Crippen molar-refractivity contribution in [2.45, 2.75) is 6.04 Å². The minimum atomic E-state index is -0.902. The third kappa shape index (κ3) is 2.23. The van der Waals surface area contributed by atoms with Gasteiger partial charge in [0.15, 0.2) is 0 Å². The number of carboxylic acid groups (broad SMARTS) is 1. The minimum Gasteiger partial charge on any atom is -0.497 e. The number of carbonyl (C=O) groups is 1. The smallest absolute Gasteiger partial charge is 0.325 e. The normalized spacial score (nSPS) is 12.1. The van der Waals surface area contributed by atoms with Gasteiger partial charge in [-0.1, -0.05) is 12.1 Å². The standard InChI is InChI=1S/C10H13NO3/c1-11-9(10(12)13)7-4-3-5-8(6-7)14-2/h3-6,9,11H,1-2H3,(H,12,13). The van der Waals surface area contributed by atoms with Crippen LogP contribution in [0.25, 0.3) is 0 Å². The number of rotatable bonds is 4. The summed E-state index contributed by atoms with van der Waals surface area (Å²) >= 11 is 0. The minimum absolute atomic E-state index is 0.656. The van der Waals surface area contributed by atoms with Crippen LogP contribution >= 0.6 is 0 Å². The topological polar surface area (TPSA) is 58.6 Å². The van der Waals surface area contributed by atoms with Crippen molar-refractivity contribution in [2.24, 2.45) is 0 Å². The maximum absolute atomic E-state index is 10.8. The first kappa shape index (κ1) is 10.5. The van der Waals surface area contributed by atoms with E-state index in [1.54, 1.807) is 38.4 Å². The molecule has 0 heterocycles. The second-order valence-corrected chi connectivity index (χ2v) is 2.84. The van der Waals surface area contributed by atoms with Crippen molar-refractivity contribution in [3.63, 3.8) is 0 Å². The molecule has 1 atom stereocenters. The van der Waals surface area contributed by atoms with E-state index in [4.69, 9.17) is 9.84 Å². The van der Waals surface area contributed by atoms with Gasteiger partial charge in [-0.3, -0.25) is 4.79 Å². The largest absolute Gasteiger partial charge is 0.497 e. The molecule has 0 spiro atoms. The van der Waals surface area contributed by atoms with E-state index in [1.807, 2.05) is 0 Å². The van der Waals surface area contributed by atoms with Crippen molar-refractivity contribution >= 4 is 5.97 Å². The van der Waals surface area contributed by atoms with Gasteiger partial charge in [0, 0.05) is 0 Å². The highest BCUT2D eigenvalue weighted by atomic mass is 16.5. The lowest BCUT2D eigenvalue weighted by molar-refractivity contribution is -0.139. The first-order valence-corrected chi connectivity index (χ1v) is 4.23. The van der Waals surface area contributed by atoms with Crippen molar-refractivity contribution < 1.29 is 14.6 Å². The highest BCUT2D eigenvalue weighted by Crippen LogP contribution is 2.18. The summed E-state index contributed by atoms with van der Waals surface area (Å²) < 4.78 is 5.01. The molecule has 1 aromatic carbocycles. The molecular weight excluding hydrogens is 182 g/mol. The van der Waals surface area contributed by atoms with E-state index < -0.39 is 12.0 Å². The van der Waals surface area contributed by atoms with Crippen LogP contribution in [0.15, 0.2) is 24.3 Å². The zero-order valence-corrected chi connectivity index (χ0v) is 8.15. The Morgan fingerprint density at radius 2 is 2.29 bits per heavy atom. The van der Waals surface area contributed by atoms with Gasteiger partial charge in [0.05, 0.1) is 7.11 Å². The summed E-state index contributed by atoms with van der Waals surface area (Å²) in [5, 5.41) is 11.6. The predicted molar refractivity (Wildman–Crippen MR) is 52.4 cm³/mol. The number of carboxylic acids is 1. The number of benzene rings is 1.